The van der Waals surface area contributed by atoms with Crippen LogP contribution in [0.4, 0.5) is 80.2 Å². The van der Waals surface area contributed by atoms with Crippen molar-refractivity contribution in [2.75, 3.05) is 69.5 Å². The minimum absolute atomic E-state index is 0.0299. The van der Waals surface area contributed by atoms with Gasteiger partial charge in [-0.1, -0.05) is 12.1 Å². The third-order valence-electron chi connectivity index (χ3n) is 11.7. The lowest BCUT2D eigenvalue weighted by atomic mass is 9.99. The summed E-state index contributed by atoms with van der Waals surface area (Å²) in [4.78, 5) is 96.8. The van der Waals surface area contributed by atoms with Crippen LogP contribution in [0.25, 0.3) is 0 Å². The first-order valence-corrected chi connectivity index (χ1v) is 24.1. The molecule has 4 aromatic rings. The molecule has 28 heteroatoms. The number of halogens is 6. The first kappa shape index (κ1) is 58.2. The van der Waals surface area contributed by atoms with Crippen molar-refractivity contribution in [2.45, 2.75) is 102 Å². The fourth-order valence-corrected chi connectivity index (χ4v) is 8.21. The number of nitrogens with zero attached hydrogens (tertiary/aromatic N) is 8. The van der Waals surface area contributed by atoms with Gasteiger partial charge in [-0.2, -0.15) is 26.3 Å². The van der Waals surface area contributed by atoms with Crippen molar-refractivity contribution < 1.29 is 69.7 Å². The Morgan fingerprint density at radius 1 is 0.649 bits per heavy atom. The number of carbonyl (C=O) groups excluding carboxylic acids is 5. The molecular formula is C49H59F6N13O9. The van der Waals surface area contributed by atoms with E-state index in [1.807, 2.05) is 10.2 Å². The SMILES string of the molecule is CC(C)(C)OC(=O)NCC(CC(=O)c1ccc2c(n1)N(C(=O)Nc1ccccn1)[C@H]1CCN2C1)C(F)(F)F.CC(C)(C)OC(=O)NCC(N)C(F)(F)F.O=C(O)c1ccc2c(n1)N(C(=O)Nc1ccccn1)[C@H]1CCN2C1. The van der Waals surface area contributed by atoms with Crippen LogP contribution in [0, 0.1) is 5.92 Å². The second-order valence-corrected chi connectivity index (χ2v) is 20.0. The summed E-state index contributed by atoms with van der Waals surface area (Å²) >= 11 is 0. The smallest absolute Gasteiger partial charge is 0.407 e. The number of ether oxygens (including phenoxy) is 2. The summed E-state index contributed by atoms with van der Waals surface area (Å²) in [5.41, 5.74) is 4.26. The van der Waals surface area contributed by atoms with Crippen LogP contribution < -0.4 is 46.6 Å². The van der Waals surface area contributed by atoms with Gasteiger partial charge >= 0.3 is 42.6 Å². The summed E-state index contributed by atoms with van der Waals surface area (Å²) in [7, 11) is 0. The predicted molar refractivity (Wildman–Crippen MR) is 269 cm³/mol. The van der Waals surface area contributed by atoms with E-state index in [1.165, 1.54) is 23.2 Å². The number of alkyl halides is 6. The number of amides is 6. The van der Waals surface area contributed by atoms with Crippen molar-refractivity contribution in [3.8, 4) is 0 Å². The number of aromatic carboxylic acids is 1. The van der Waals surface area contributed by atoms with Crippen molar-refractivity contribution >= 4 is 70.6 Å². The summed E-state index contributed by atoms with van der Waals surface area (Å²) < 4.78 is 86.6. The Balaban J connectivity index is 0.000000209. The Kier molecular flexibility index (Phi) is 18.1. The number of anilines is 6. The molecule has 2 fully saturated rings. The normalized spacial score (nSPS) is 17.2. The van der Waals surface area contributed by atoms with E-state index < -0.39 is 85.0 Å². The molecule has 4 bridgehead atoms. The zero-order chi connectivity index (χ0) is 56.6. The molecule has 7 N–H and O–H groups in total. The van der Waals surface area contributed by atoms with Gasteiger partial charge in [0.25, 0.3) is 0 Å². The molecule has 4 aliphatic rings. The van der Waals surface area contributed by atoms with E-state index >= 15 is 0 Å². The van der Waals surface area contributed by atoms with Crippen molar-refractivity contribution in [1.29, 1.82) is 0 Å². The topological polar surface area (TPSA) is 280 Å². The van der Waals surface area contributed by atoms with Gasteiger partial charge in [0.05, 0.1) is 29.4 Å². The quantitative estimate of drug-likeness (QED) is 0.0659. The molecule has 22 nitrogen and oxygen atoms in total. The number of Topliss-reactive ketones (excluding diaryl/α,β-unsaturated/α-hetero) is 1. The summed E-state index contributed by atoms with van der Waals surface area (Å²) in [6, 6.07) is 13.3. The van der Waals surface area contributed by atoms with Crippen LogP contribution in [-0.4, -0.2) is 142 Å². The Morgan fingerprint density at radius 3 is 1.49 bits per heavy atom. The number of rotatable bonds is 10. The van der Waals surface area contributed by atoms with Crippen LogP contribution >= 0.6 is 0 Å². The lowest BCUT2D eigenvalue weighted by Gasteiger charge is -2.35. The molecule has 4 atom stereocenters. The van der Waals surface area contributed by atoms with Gasteiger partial charge in [-0.3, -0.25) is 25.2 Å². The average molecular weight is 1090 g/mol. The number of aromatic nitrogens is 4. The number of urea groups is 2. The van der Waals surface area contributed by atoms with Gasteiger partial charge in [0.15, 0.2) is 23.1 Å². The summed E-state index contributed by atoms with van der Waals surface area (Å²) in [6.07, 6.45) is -7.52. The number of nitrogens with one attached hydrogen (secondary N) is 4. The molecule has 2 saturated heterocycles. The molecule has 416 valence electrons. The number of pyridine rings is 4. The predicted octanol–water partition coefficient (Wildman–Crippen LogP) is 7.59. The number of hydrogen-bond acceptors (Lipinski definition) is 15. The van der Waals surface area contributed by atoms with E-state index in [4.69, 9.17) is 15.2 Å². The second-order valence-electron chi connectivity index (χ2n) is 20.0. The number of carbonyl (C=O) groups is 6. The molecule has 0 radical (unpaired) electrons. The average Bonchev–Trinajstić information content (AvgIpc) is 4.03. The zero-order valence-corrected chi connectivity index (χ0v) is 42.7. The van der Waals surface area contributed by atoms with E-state index in [1.54, 1.807) is 101 Å². The molecule has 4 aromatic heterocycles. The van der Waals surface area contributed by atoms with E-state index in [9.17, 15) is 60.2 Å². The first-order valence-electron chi connectivity index (χ1n) is 24.1. The number of carboxylic acids is 1. The van der Waals surface area contributed by atoms with Crippen LogP contribution in [-0.2, 0) is 9.47 Å². The van der Waals surface area contributed by atoms with Gasteiger partial charge in [0.2, 0.25) is 0 Å². The summed E-state index contributed by atoms with van der Waals surface area (Å²) in [6.45, 7) is 10.8. The number of nitrogens with two attached hydrogens (primary N) is 1. The highest BCUT2D eigenvalue weighted by atomic mass is 19.4. The first-order chi connectivity index (χ1) is 36.0. The fraction of sp³-hybridized carbons (Fsp3) is 0.469. The van der Waals surface area contributed by atoms with Crippen LogP contribution in [0.2, 0.25) is 0 Å². The third kappa shape index (κ3) is 16.0. The van der Waals surface area contributed by atoms with Gasteiger partial charge in [0, 0.05) is 58.1 Å². The molecule has 0 aliphatic carbocycles. The molecular weight excluding hydrogens is 1030 g/mol. The molecule has 0 saturated carbocycles. The highest BCUT2D eigenvalue weighted by molar-refractivity contribution is 6.06. The number of fused-ring (bicyclic) bond motifs is 8. The van der Waals surface area contributed by atoms with Gasteiger partial charge in [-0.05, 0) is 103 Å². The maximum atomic E-state index is 13.7. The molecule has 6 amide bonds. The molecule has 0 spiro atoms. The Bertz CT molecular complexity index is 2760. The molecule has 8 rings (SSSR count). The van der Waals surface area contributed by atoms with Gasteiger partial charge < -0.3 is 40.7 Å². The molecule has 2 unspecified atom stereocenters. The number of ketones is 1. The Labute approximate surface area is 438 Å². The minimum atomic E-state index is -4.75. The van der Waals surface area contributed by atoms with Crippen molar-refractivity contribution in [3.05, 3.63) is 84.4 Å². The van der Waals surface area contributed by atoms with Crippen molar-refractivity contribution in [3.63, 3.8) is 0 Å². The number of alkyl carbamates (subject to hydrolysis) is 2. The highest BCUT2D eigenvalue weighted by Crippen LogP contribution is 2.41. The standard InChI is InChI=1S/C25H29F3N6O4.C16H15N5O3.C8H15F3N2O2/c1-24(2,3)38-23(37)30-13-15(25(26,27)28)12-19(35)17-7-8-18-21(31-17)34(16-9-11-33(18)14-16)22(36)32-20-6-4-5-10-29-20;22-15(23)11-4-5-12-14(18-11)21(10-6-8-20(12)9-10)16(24)19-13-3-1-2-7-17-13;1-7(2,3)15-6(14)13-4-5(12)8(9,10)11/h4-8,10,15-16H,9,11-14H2,1-3H3,(H,30,37)(H,29,32,36);1-5,7,10H,6,8-9H2,(H,22,23)(H,17,19,24);5H,4,12H2,1-3H3,(H,13,14)/t15?,16-;10-;/m00./s1. The highest BCUT2D eigenvalue weighted by Gasteiger charge is 2.44. The lowest BCUT2D eigenvalue weighted by Crippen LogP contribution is -2.48. The number of hydrogen-bond donors (Lipinski definition) is 6. The van der Waals surface area contributed by atoms with E-state index in [-0.39, 0.29) is 35.3 Å². The fourth-order valence-electron chi connectivity index (χ4n) is 8.21. The molecule has 8 heterocycles. The summed E-state index contributed by atoms with van der Waals surface area (Å²) in [5, 5.41) is 18.7. The minimum Gasteiger partial charge on any atom is -0.477 e. The zero-order valence-electron chi connectivity index (χ0n) is 42.7. The van der Waals surface area contributed by atoms with Crippen molar-refractivity contribution in [1.82, 2.24) is 30.6 Å². The lowest BCUT2D eigenvalue weighted by molar-refractivity contribution is -0.172. The molecule has 77 heavy (non-hydrogen) atoms. The van der Waals surface area contributed by atoms with E-state index in [0.717, 1.165) is 25.2 Å². The van der Waals surface area contributed by atoms with Crippen LogP contribution in [0.3, 0.4) is 0 Å². The molecule has 0 aromatic carbocycles. The van der Waals surface area contributed by atoms with E-state index in [2.05, 4.69) is 40.8 Å². The van der Waals surface area contributed by atoms with Crippen LogP contribution in [0.15, 0.2) is 73.1 Å². The molecule has 4 aliphatic heterocycles. The maximum Gasteiger partial charge on any atom is 0.407 e. The van der Waals surface area contributed by atoms with Gasteiger partial charge in [0.1, 0.15) is 34.6 Å². The summed E-state index contributed by atoms with van der Waals surface area (Å²) in [5.74, 6) is -2.76. The van der Waals surface area contributed by atoms with Crippen molar-refractivity contribution in [2.24, 2.45) is 11.7 Å². The van der Waals surface area contributed by atoms with Crippen LogP contribution in [0.1, 0.15) is 81.8 Å². The second kappa shape index (κ2) is 23.9. The number of carboxylic acid groups (broad SMARTS) is 1. The third-order valence-corrected chi connectivity index (χ3v) is 11.7. The Morgan fingerprint density at radius 2 is 1.09 bits per heavy atom. The van der Waals surface area contributed by atoms with E-state index in [0.29, 0.717) is 42.7 Å². The maximum absolute atomic E-state index is 13.7. The van der Waals surface area contributed by atoms with Crippen LogP contribution in [0.5, 0.6) is 0 Å². The van der Waals surface area contributed by atoms with Gasteiger partial charge in [-0.25, -0.2) is 43.9 Å². The Hall–Kier alpha value is -8.04. The largest absolute Gasteiger partial charge is 0.477 e. The van der Waals surface area contributed by atoms with Gasteiger partial charge in [-0.15, -0.1) is 0 Å². The monoisotopic (exact) mass is 1090 g/mol.